The third kappa shape index (κ3) is 4.97. The Bertz CT molecular complexity index is 396. The maximum Gasteiger partial charge on any atom is 0.125 e. The van der Waals surface area contributed by atoms with E-state index in [1.807, 2.05) is 6.20 Å². The highest BCUT2D eigenvalue weighted by atomic mass is 15.3. The summed E-state index contributed by atoms with van der Waals surface area (Å²) in [6.45, 7) is 13.5. The van der Waals surface area contributed by atoms with E-state index in [9.17, 15) is 0 Å². The first-order chi connectivity index (χ1) is 10.2. The van der Waals surface area contributed by atoms with Crippen LogP contribution in [0.15, 0.2) is 18.3 Å². The first kappa shape index (κ1) is 16.2. The molecule has 0 radical (unpaired) electrons. The number of hydrogen-bond donors (Lipinski definition) is 1. The van der Waals surface area contributed by atoms with Crippen LogP contribution >= 0.6 is 0 Å². The van der Waals surface area contributed by atoms with Gasteiger partial charge in [0.25, 0.3) is 0 Å². The summed E-state index contributed by atoms with van der Waals surface area (Å²) in [5.74, 6) is 0.988. The van der Waals surface area contributed by atoms with Gasteiger partial charge in [0.15, 0.2) is 0 Å². The number of nitrogens with zero attached hydrogens (tertiary/aromatic N) is 3. The van der Waals surface area contributed by atoms with Gasteiger partial charge in [0.1, 0.15) is 5.82 Å². The summed E-state index contributed by atoms with van der Waals surface area (Å²) in [5, 5.41) is 3.32. The van der Waals surface area contributed by atoms with Crippen molar-refractivity contribution in [3.8, 4) is 0 Å². The van der Waals surface area contributed by atoms with Crippen LogP contribution < -0.4 is 5.32 Å². The first-order valence-corrected chi connectivity index (χ1v) is 8.38. The lowest BCUT2D eigenvalue weighted by atomic mass is 10.1. The molecule has 0 saturated carbocycles. The Kier molecular flexibility index (Phi) is 6.46. The zero-order chi connectivity index (χ0) is 15.1. The molecule has 1 atom stereocenters. The van der Waals surface area contributed by atoms with Gasteiger partial charge in [-0.1, -0.05) is 19.9 Å². The molecule has 1 unspecified atom stereocenters. The van der Waals surface area contributed by atoms with E-state index >= 15 is 0 Å². The lowest BCUT2D eigenvalue weighted by molar-refractivity contribution is 0.0963. The molecule has 1 fully saturated rings. The third-order valence-electron chi connectivity index (χ3n) is 4.41. The standard InChI is InChI=1S/C17H30N4/c1-4-8-18-17-7-6-16(13-19-17)14-20-9-11-21(12-10-20)15(3)5-2/h6-7,13,15H,4-5,8-12,14H2,1-3H3,(H,18,19). The van der Waals surface area contributed by atoms with E-state index in [-0.39, 0.29) is 0 Å². The molecule has 118 valence electrons. The second kappa shape index (κ2) is 8.35. The lowest BCUT2D eigenvalue weighted by Gasteiger charge is -2.37. The van der Waals surface area contributed by atoms with Gasteiger partial charge >= 0.3 is 0 Å². The van der Waals surface area contributed by atoms with Gasteiger partial charge in [0, 0.05) is 51.5 Å². The molecule has 1 aliphatic rings. The number of anilines is 1. The Morgan fingerprint density at radius 3 is 2.52 bits per heavy atom. The van der Waals surface area contributed by atoms with Crippen LogP contribution in [-0.4, -0.2) is 53.5 Å². The highest BCUT2D eigenvalue weighted by Crippen LogP contribution is 2.12. The molecule has 4 nitrogen and oxygen atoms in total. The molecule has 21 heavy (non-hydrogen) atoms. The van der Waals surface area contributed by atoms with Crippen molar-refractivity contribution < 1.29 is 0 Å². The van der Waals surface area contributed by atoms with E-state index in [1.54, 1.807) is 0 Å². The molecule has 1 aromatic rings. The van der Waals surface area contributed by atoms with Gasteiger partial charge in [-0.15, -0.1) is 0 Å². The van der Waals surface area contributed by atoms with Crippen molar-refractivity contribution in [2.45, 2.75) is 46.2 Å². The van der Waals surface area contributed by atoms with Crippen LogP contribution in [0, 0.1) is 0 Å². The molecular formula is C17H30N4. The lowest BCUT2D eigenvalue weighted by Crippen LogP contribution is -2.48. The molecule has 0 aromatic carbocycles. The van der Waals surface area contributed by atoms with Crippen molar-refractivity contribution in [2.24, 2.45) is 0 Å². The summed E-state index contributed by atoms with van der Waals surface area (Å²) in [6.07, 6.45) is 4.39. The monoisotopic (exact) mass is 290 g/mol. The van der Waals surface area contributed by atoms with Crippen LogP contribution in [0.3, 0.4) is 0 Å². The summed E-state index contributed by atoms with van der Waals surface area (Å²) in [6, 6.07) is 5.02. The molecule has 2 rings (SSSR count). The zero-order valence-corrected chi connectivity index (χ0v) is 13.8. The van der Waals surface area contributed by atoms with Gasteiger partial charge in [-0.25, -0.2) is 4.98 Å². The fourth-order valence-corrected chi connectivity index (χ4v) is 2.75. The summed E-state index contributed by atoms with van der Waals surface area (Å²) in [5.41, 5.74) is 1.31. The maximum atomic E-state index is 4.49. The van der Waals surface area contributed by atoms with Crippen LogP contribution in [0.5, 0.6) is 0 Å². The van der Waals surface area contributed by atoms with Gasteiger partial charge < -0.3 is 5.32 Å². The van der Waals surface area contributed by atoms with E-state index in [0.717, 1.165) is 31.4 Å². The Hall–Kier alpha value is -1.13. The Labute approximate surface area is 129 Å². The van der Waals surface area contributed by atoms with E-state index in [4.69, 9.17) is 0 Å². The molecule has 1 aliphatic heterocycles. The molecule has 0 aliphatic carbocycles. The fraction of sp³-hybridized carbons (Fsp3) is 0.706. The zero-order valence-electron chi connectivity index (χ0n) is 13.8. The van der Waals surface area contributed by atoms with Crippen molar-refractivity contribution in [2.75, 3.05) is 38.0 Å². The molecule has 2 heterocycles. The highest BCUT2D eigenvalue weighted by molar-refractivity contribution is 5.35. The first-order valence-electron chi connectivity index (χ1n) is 8.38. The number of hydrogen-bond acceptors (Lipinski definition) is 4. The minimum atomic E-state index is 0.720. The smallest absolute Gasteiger partial charge is 0.125 e. The number of aromatic nitrogens is 1. The molecule has 1 saturated heterocycles. The molecule has 1 N–H and O–H groups in total. The largest absolute Gasteiger partial charge is 0.370 e. The van der Waals surface area contributed by atoms with E-state index in [1.165, 1.54) is 38.2 Å². The van der Waals surface area contributed by atoms with Crippen LogP contribution in [-0.2, 0) is 6.54 Å². The molecular weight excluding hydrogens is 260 g/mol. The minimum absolute atomic E-state index is 0.720. The van der Waals surface area contributed by atoms with Crippen molar-refractivity contribution in [1.82, 2.24) is 14.8 Å². The fourth-order valence-electron chi connectivity index (χ4n) is 2.75. The number of rotatable bonds is 7. The van der Waals surface area contributed by atoms with Crippen molar-refractivity contribution in [1.29, 1.82) is 0 Å². The van der Waals surface area contributed by atoms with E-state index < -0.39 is 0 Å². The average molecular weight is 290 g/mol. The third-order valence-corrected chi connectivity index (χ3v) is 4.41. The van der Waals surface area contributed by atoms with E-state index in [0.29, 0.717) is 0 Å². The van der Waals surface area contributed by atoms with Crippen molar-refractivity contribution >= 4 is 5.82 Å². The SMILES string of the molecule is CCCNc1ccc(CN2CCN(C(C)CC)CC2)cn1. The van der Waals surface area contributed by atoms with Gasteiger partial charge in [-0.3, -0.25) is 9.80 Å². The van der Waals surface area contributed by atoms with Gasteiger partial charge in [-0.2, -0.15) is 0 Å². The molecule has 0 bridgehead atoms. The average Bonchev–Trinajstić information content (AvgIpc) is 2.54. The van der Waals surface area contributed by atoms with Crippen LogP contribution in [0.25, 0.3) is 0 Å². The second-order valence-corrected chi connectivity index (χ2v) is 6.05. The molecule has 0 spiro atoms. The topological polar surface area (TPSA) is 31.4 Å². The van der Waals surface area contributed by atoms with E-state index in [2.05, 4.69) is 53.0 Å². The predicted molar refractivity (Wildman–Crippen MR) is 89.6 cm³/mol. The Morgan fingerprint density at radius 2 is 1.95 bits per heavy atom. The van der Waals surface area contributed by atoms with Crippen LogP contribution in [0.4, 0.5) is 5.82 Å². The molecule has 1 aromatic heterocycles. The van der Waals surface area contributed by atoms with Crippen molar-refractivity contribution in [3.05, 3.63) is 23.9 Å². The maximum absolute atomic E-state index is 4.49. The normalized spacial score (nSPS) is 18.6. The van der Waals surface area contributed by atoms with Crippen molar-refractivity contribution in [3.63, 3.8) is 0 Å². The quantitative estimate of drug-likeness (QED) is 0.837. The second-order valence-electron chi connectivity index (χ2n) is 6.05. The Morgan fingerprint density at radius 1 is 1.19 bits per heavy atom. The summed E-state index contributed by atoms with van der Waals surface area (Å²) in [4.78, 5) is 9.63. The van der Waals surface area contributed by atoms with Crippen LogP contribution in [0.2, 0.25) is 0 Å². The number of nitrogens with one attached hydrogen (secondary N) is 1. The minimum Gasteiger partial charge on any atom is -0.370 e. The molecule has 0 amide bonds. The summed E-state index contributed by atoms with van der Waals surface area (Å²) < 4.78 is 0. The highest BCUT2D eigenvalue weighted by Gasteiger charge is 2.19. The number of pyridine rings is 1. The van der Waals surface area contributed by atoms with Crippen LogP contribution in [0.1, 0.15) is 39.2 Å². The van der Waals surface area contributed by atoms with Gasteiger partial charge in [0.2, 0.25) is 0 Å². The number of piperazine rings is 1. The predicted octanol–water partition coefficient (Wildman–Crippen LogP) is 2.82. The Balaban J connectivity index is 1.78. The molecule has 4 heteroatoms. The summed E-state index contributed by atoms with van der Waals surface area (Å²) >= 11 is 0. The van der Waals surface area contributed by atoms with Gasteiger partial charge in [0.05, 0.1) is 0 Å². The van der Waals surface area contributed by atoms with Gasteiger partial charge in [-0.05, 0) is 31.4 Å². The summed E-state index contributed by atoms with van der Waals surface area (Å²) in [7, 11) is 0.